The van der Waals surface area contributed by atoms with Crippen molar-refractivity contribution in [3.05, 3.63) is 0 Å². The fourth-order valence-electron chi connectivity index (χ4n) is 2.11. The standard InChI is InChI=1S/C14H30N2O4/c1-18-10-11-19-7-3-2-4-15-12-14(17)13-16-5-8-20-9-6-16/h14-15,17H,2-13H2,1H3. The highest BCUT2D eigenvalue weighted by Crippen LogP contribution is 1.98. The summed E-state index contributed by atoms with van der Waals surface area (Å²) in [7, 11) is 1.68. The summed E-state index contributed by atoms with van der Waals surface area (Å²) < 4.78 is 15.6. The smallest absolute Gasteiger partial charge is 0.0791 e. The zero-order valence-electron chi connectivity index (χ0n) is 12.7. The molecule has 120 valence electrons. The van der Waals surface area contributed by atoms with Gasteiger partial charge in [0.25, 0.3) is 0 Å². The maximum atomic E-state index is 9.92. The van der Waals surface area contributed by atoms with Crippen molar-refractivity contribution in [2.45, 2.75) is 18.9 Å². The topological polar surface area (TPSA) is 63.2 Å². The zero-order valence-corrected chi connectivity index (χ0v) is 12.7. The lowest BCUT2D eigenvalue weighted by Crippen LogP contribution is -2.43. The minimum absolute atomic E-state index is 0.300. The second-order valence-electron chi connectivity index (χ2n) is 5.08. The van der Waals surface area contributed by atoms with Crippen molar-refractivity contribution in [1.82, 2.24) is 10.2 Å². The van der Waals surface area contributed by atoms with Gasteiger partial charge in [0.15, 0.2) is 0 Å². The molecule has 0 spiro atoms. The summed E-state index contributed by atoms with van der Waals surface area (Å²) >= 11 is 0. The van der Waals surface area contributed by atoms with Crippen LogP contribution in [-0.2, 0) is 14.2 Å². The second-order valence-corrected chi connectivity index (χ2v) is 5.08. The number of aliphatic hydroxyl groups is 1. The number of rotatable bonds is 12. The lowest BCUT2D eigenvalue weighted by Gasteiger charge is -2.28. The van der Waals surface area contributed by atoms with Gasteiger partial charge in [-0.2, -0.15) is 0 Å². The number of β-amino-alcohol motifs (C(OH)–C–C–N with tert-alkyl or cyclic N) is 1. The molecule has 0 aromatic carbocycles. The molecule has 6 heteroatoms. The van der Waals surface area contributed by atoms with Crippen LogP contribution in [-0.4, -0.2) is 89.0 Å². The van der Waals surface area contributed by atoms with Gasteiger partial charge in [0.05, 0.1) is 32.5 Å². The molecular formula is C14H30N2O4. The lowest BCUT2D eigenvalue weighted by molar-refractivity contribution is 0.0149. The fourth-order valence-corrected chi connectivity index (χ4v) is 2.11. The first-order valence-electron chi connectivity index (χ1n) is 7.58. The summed E-state index contributed by atoms with van der Waals surface area (Å²) in [6.07, 6.45) is 1.80. The highest BCUT2D eigenvalue weighted by atomic mass is 16.5. The summed E-state index contributed by atoms with van der Waals surface area (Å²) in [6.45, 7) is 7.83. The van der Waals surface area contributed by atoms with Crippen LogP contribution in [0.25, 0.3) is 0 Å². The minimum Gasteiger partial charge on any atom is -0.390 e. The van der Waals surface area contributed by atoms with E-state index < -0.39 is 0 Å². The number of nitrogens with one attached hydrogen (secondary N) is 1. The number of hydrogen-bond acceptors (Lipinski definition) is 6. The summed E-state index contributed by atoms with van der Waals surface area (Å²) in [5.41, 5.74) is 0. The Morgan fingerprint density at radius 3 is 2.75 bits per heavy atom. The monoisotopic (exact) mass is 290 g/mol. The van der Waals surface area contributed by atoms with Gasteiger partial charge in [-0.15, -0.1) is 0 Å². The number of aliphatic hydroxyl groups excluding tert-OH is 1. The molecule has 0 saturated carbocycles. The molecule has 1 atom stereocenters. The Balaban J connectivity index is 1.83. The first kappa shape index (κ1) is 17.8. The zero-order chi connectivity index (χ0) is 14.5. The van der Waals surface area contributed by atoms with E-state index in [-0.39, 0.29) is 6.10 Å². The van der Waals surface area contributed by atoms with Crippen molar-refractivity contribution >= 4 is 0 Å². The highest BCUT2D eigenvalue weighted by molar-refractivity contribution is 4.69. The van der Waals surface area contributed by atoms with Crippen molar-refractivity contribution in [3.8, 4) is 0 Å². The van der Waals surface area contributed by atoms with Crippen molar-refractivity contribution in [2.75, 3.05) is 72.9 Å². The number of morpholine rings is 1. The van der Waals surface area contributed by atoms with Crippen LogP contribution in [0.15, 0.2) is 0 Å². The predicted octanol–water partition coefficient (Wildman–Crippen LogP) is -0.288. The SMILES string of the molecule is COCCOCCCCNCC(O)CN1CCOCC1. The predicted molar refractivity (Wildman–Crippen MR) is 78.1 cm³/mol. The number of hydrogen-bond donors (Lipinski definition) is 2. The third kappa shape index (κ3) is 9.63. The quantitative estimate of drug-likeness (QED) is 0.482. The van der Waals surface area contributed by atoms with E-state index in [1.165, 1.54) is 0 Å². The van der Waals surface area contributed by atoms with Gasteiger partial charge in [0.1, 0.15) is 0 Å². The third-order valence-corrected chi connectivity index (χ3v) is 3.28. The molecule has 1 fully saturated rings. The Bertz CT molecular complexity index is 213. The molecule has 0 amide bonds. The molecule has 0 radical (unpaired) electrons. The van der Waals surface area contributed by atoms with E-state index >= 15 is 0 Å². The normalized spacial score (nSPS) is 18.3. The molecule has 1 aliphatic rings. The Labute approximate surface area is 122 Å². The molecular weight excluding hydrogens is 260 g/mol. The minimum atomic E-state index is -0.300. The van der Waals surface area contributed by atoms with Gasteiger partial charge in [-0.05, 0) is 19.4 Å². The summed E-state index contributed by atoms with van der Waals surface area (Å²) in [6, 6.07) is 0. The van der Waals surface area contributed by atoms with E-state index in [1.807, 2.05) is 0 Å². The molecule has 0 aromatic rings. The van der Waals surface area contributed by atoms with Crippen molar-refractivity contribution in [3.63, 3.8) is 0 Å². The maximum Gasteiger partial charge on any atom is 0.0791 e. The van der Waals surface area contributed by atoms with Gasteiger partial charge in [0.2, 0.25) is 0 Å². The summed E-state index contributed by atoms with van der Waals surface area (Å²) in [4.78, 5) is 2.25. The second kappa shape index (κ2) is 12.5. The average Bonchev–Trinajstić information content (AvgIpc) is 2.46. The summed E-state index contributed by atoms with van der Waals surface area (Å²) in [5.74, 6) is 0. The van der Waals surface area contributed by atoms with Crippen molar-refractivity contribution in [1.29, 1.82) is 0 Å². The van der Waals surface area contributed by atoms with Crippen LogP contribution in [0.3, 0.4) is 0 Å². The Morgan fingerprint density at radius 2 is 2.00 bits per heavy atom. The number of unbranched alkanes of at least 4 members (excludes halogenated alkanes) is 1. The van der Waals surface area contributed by atoms with Gasteiger partial charge in [0, 0.05) is 39.9 Å². The third-order valence-electron chi connectivity index (χ3n) is 3.28. The van der Waals surface area contributed by atoms with Crippen LogP contribution in [0.2, 0.25) is 0 Å². The van der Waals surface area contributed by atoms with Crippen LogP contribution < -0.4 is 5.32 Å². The molecule has 1 saturated heterocycles. The molecule has 0 aliphatic carbocycles. The van der Waals surface area contributed by atoms with E-state index in [0.29, 0.717) is 19.8 Å². The number of ether oxygens (including phenoxy) is 3. The van der Waals surface area contributed by atoms with Gasteiger partial charge >= 0.3 is 0 Å². The Kier molecular flexibility index (Phi) is 11.1. The molecule has 1 unspecified atom stereocenters. The van der Waals surface area contributed by atoms with E-state index in [9.17, 15) is 5.11 Å². The fraction of sp³-hybridized carbons (Fsp3) is 1.00. The molecule has 1 aliphatic heterocycles. The van der Waals surface area contributed by atoms with Crippen LogP contribution in [0.5, 0.6) is 0 Å². The van der Waals surface area contributed by atoms with Gasteiger partial charge in [-0.25, -0.2) is 0 Å². The highest BCUT2D eigenvalue weighted by Gasteiger charge is 2.14. The summed E-state index contributed by atoms with van der Waals surface area (Å²) in [5, 5.41) is 13.2. The molecule has 0 aromatic heterocycles. The van der Waals surface area contributed by atoms with Gasteiger partial charge < -0.3 is 24.6 Å². The molecule has 1 heterocycles. The van der Waals surface area contributed by atoms with Gasteiger partial charge in [-0.3, -0.25) is 4.90 Å². The number of methoxy groups -OCH3 is 1. The van der Waals surface area contributed by atoms with E-state index in [4.69, 9.17) is 14.2 Å². The van der Waals surface area contributed by atoms with Crippen LogP contribution >= 0.6 is 0 Å². The van der Waals surface area contributed by atoms with Crippen LogP contribution in [0, 0.1) is 0 Å². The first-order valence-corrected chi connectivity index (χ1v) is 7.58. The molecule has 0 bridgehead atoms. The van der Waals surface area contributed by atoms with Crippen LogP contribution in [0.1, 0.15) is 12.8 Å². The molecule has 2 N–H and O–H groups in total. The van der Waals surface area contributed by atoms with Crippen molar-refractivity contribution in [2.24, 2.45) is 0 Å². The largest absolute Gasteiger partial charge is 0.390 e. The first-order chi connectivity index (χ1) is 9.83. The van der Waals surface area contributed by atoms with E-state index in [0.717, 1.165) is 58.8 Å². The van der Waals surface area contributed by atoms with E-state index in [1.54, 1.807) is 7.11 Å². The average molecular weight is 290 g/mol. The molecule has 6 nitrogen and oxygen atoms in total. The maximum absolute atomic E-state index is 9.92. The van der Waals surface area contributed by atoms with E-state index in [2.05, 4.69) is 10.2 Å². The Hall–Kier alpha value is -0.240. The molecule has 1 rings (SSSR count). The van der Waals surface area contributed by atoms with Gasteiger partial charge in [-0.1, -0.05) is 0 Å². The Morgan fingerprint density at radius 1 is 1.20 bits per heavy atom. The van der Waals surface area contributed by atoms with Crippen molar-refractivity contribution < 1.29 is 19.3 Å². The van der Waals surface area contributed by atoms with Crippen LogP contribution in [0.4, 0.5) is 0 Å². The lowest BCUT2D eigenvalue weighted by atomic mass is 10.2. The number of nitrogens with zero attached hydrogens (tertiary/aromatic N) is 1. The molecule has 20 heavy (non-hydrogen) atoms.